The SMILES string of the molecule is Cc1nnc(-c2cccc(COc3ccc(C(C)(C)c4ccc(OC5CC(N)C5)cc4)cc3)n2)o1. The van der Waals surface area contributed by atoms with E-state index in [4.69, 9.17) is 19.6 Å². The van der Waals surface area contributed by atoms with Crippen molar-refractivity contribution in [1.82, 2.24) is 15.2 Å². The lowest BCUT2D eigenvalue weighted by molar-refractivity contribution is 0.101. The van der Waals surface area contributed by atoms with E-state index in [9.17, 15) is 0 Å². The first kappa shape index (κ1) is 23.1. The molecular formula is C28H30N4O3. The molecule has 180 valence electrons. The van der Waals surface area contributed by atoms with E-state index in [0.717, 1.165) is 30.0 Å². The first-order chi connectivity index (χ1) is 16.9. The van der Waals surface area contributed by atoms with Crippen LogP contribution in [0.3, 0.4) is 0 Å². The highest BCUT2D eigenvalue weighted by Crippen LogP contribution is 2.34. The topological polar surface area (TPSA) is 96.3 Å². The van der Waals surface area contributed by atoms with Crippen molar-refractivity contribution in [2.24, 2.45) is 5.73 Å². The van der Waals surface area contributed by atoms with Crippen LogP contribution in [0.1, 0.15) is 49.4 Å². The summed E-state index contributed by atoms with van der Waals surface area (Å²) in [7, 11) is 0. The Morgan fingerprint density at radius 3 is 2.17 bits per heavy atom. The highest BCUT2D eigenvalue weighted by molar-refractivity contribution is 5.46. The molecule has 2 aromatic carbocycles. The molecule has 0 unspecified atom stereocenters. The summed E-state index contributed by atoms with van der Waals surface area (Å²) in [5.74, 6) is 2.60. The second-order valence-electron chi connectivity index (χ2n) is 9.57. The Labute approximate surface area is 205 Å². The van der Waals surface area contributed by atoms with Gasteiger partial charge in [0.05, 0.1) is 5.69 Å². The number of hydrogen-bond donors (Lipinski definition) is 1. The summed E-state index contributed by atoms with van der Waals surface area (Å²) >= 11 is 0. The van der Waals surface area contributed by atoms with Crippen LogP contribution in [0.25, 0.3) is 11.6 Å². The fraction of sp³-hybridized carbons (Fsp3) is 0.321. The highest BCUT2D eigenvalue weighted by Gasteiger charge is 2.28. The number of nitrogens with zero attached hydrogens (tertiary/aromatic N) is 3. The van der Waals surface area contributed by atoms with Crippen LogP contribution < -0.4 is 15.2 Å². The largest absolute Gasteiger partial charge is 0.490 e. The van der Waals surface area contributed by atoms with Crippen molar-refractivity contribution < 1.29 is 13.9 Å². The molecule has 0 amide bonds. The first-order valence-electron chi connectivity index (χ1n) is 11.9. The van der Waals surface area contributed by atoms with E-state index in [1.807, 2.05) is 30.3 Å². The third-order valence-electron chi connectivity index (χ3n) is 6.52. The van der Waals surface area contributed by atoms with Gasteiger partial charge in [0.15, 0.2) is 0 Å². The molecule has 1 saturated carbocycles. The molecule has 0 bridgehead atoms. The maximum absolute atomic E-state index is 5.99. The van der Waals surface area contributed by atoms with Gasteiger partial charge in [0.1, 0.15) is 29.9 Å². The Kier molecular flexibility index (Phi) is 6.26. The number of benzene rings is 2. The normalized spacial score (nSPS) is 17.6. The summed E-state index contributed by atoms with van der Waals surface area (Å²) in [4.78, 5) is 4.57. The van der Waals surface area contributed by atoms with E-state index in [1.165, 1.54) is 11.1 Å². The maximum atomic E-state index is 5.99. The number of nitrogens with two attached hydrogens (primary N) is 1. The third-order valence-corrected chi connectivity index (χ3v) is 6.52. The van der Waals surface area contributed by atoms with Crippen LogP contribution in [0.4, 0.5) is 0 Å². The summed E-state index contributed by atoms with van der Waals surface area (Å²) in [6.45, 7) is 6.54. The second-order valence-corrected chi connectivity index (χ2v) is 9.57. The molecule has 0 spiro atoms. The van der Waals surface area contributed by atoms with Crippen molar-refractivity contribution in [3.05, 3.63) is 89.4 Å². The van der Waals surface area contributed by atoms with Crippen molar-refractivity contribution in [2.45, 2.75) is 57.8 Å². The summed E-state index contributed by atoms with van der Waals surface area (Å²) < 4.78 is 17.4. The summed E-state index contributed by atoms with van der Waals surface area (Å²) in [6.07, 6.45) is 2.11. The Morgan fingerprint density at radius 1 is 0.914 bits per heavy atom. The highest BCUT2D eigenvalue weighted by atomic mass is 16.5. The Hall–Kier alpha value is -3.71. The Balaban J connectivity index is 1.21. The standard InChI is InChI=1S/C28H30N4O3/c1-18-31-32-27(34-18)26-6-4-5-22(30-26)17-33-23-11-7-19(8-12-23)28(2,3)20-9-13-24(14-10-20)35-25-15-21(29)16-25/h4-14,21,25H,15-17,29H2,1-3H3. The average molecular weight is 471 g/mol. The lowest BCUT2D eigenvalue weighted by Crippen LogP contribution is -2.43. The zero-order chi connectivity index (χ0) is 24.4. The van der Waals surface area contributed by atoms with Gasteiger partial charge in [-0.2, -0.15) is 0 Å². The summed E-state index contributed by atoms with van der Waals surface area (Å²) in [5, 5.41) is 7.89. The van der Waals surface area contributed by atoms with Gasteiger partial charge in [-0.1, -0.05) is 44.2 Å². The molecule has 7 nitrogen and oxygen atoms in total. The molecule has 35 heavy (non-hydrogen) atoms. The molecule has 0 saturated heterocycles. The van der Waals surface area contributed by atoms with Crippen LogP contribution in [-0.4, -0.2) is 27.3 Å². The van der Waals surface area contributed by atoms with Crippen LogP contribution in [0.5, 0.6) is 11.5 Å². The molecule has 2 heterocycles. The number of aryl methyl sites for hydroxylation is 1. The molecule has 0 aliphatic heterocycles. The smallest absolute Gasteiger partial charge is 0.266 e. The van der Waals surface area contributed by atoms with Crippen molar-refractivity contribution in [2.75, 3.05) is 0 Å². The van der Waals surface area contributed by atoms with Gasteiger partial charge >= 0.3 is 0 Å². The molecule has 7 heteroatoms. The van der Waals surface area contributed by atoms with Crippen LogP contribution in [0.2, 0.25) is 0 Å². The molecular weight excluding hydrogens is 440 g/mol. The monoisotopic (exact) mass is 470 g/mol. The predicted octanol–water partition coefficient (Wildman–Crippen LogP) is 5.21. The van der Waals surface area contributed by atoms with E-state index in [0.29, 0.717) is 24.1 Å². The van der Waals surface area contributed by atoms with Crippen LogP contribution in [0.15, 0.2) is 71.1 Å². The molecule has 1 aliphatic rings. The minimum absolute atomic E-state index is 0.159. The van der Waals surface area contributed by atoms with Gasteiger partial charge in [-0.15, -0.1) is 10.2 Å². The van der Waals surface area contributed by atoms with E-state index in [-0.39, 0.29) is 17.6 Å². The van der Waals surface area contributed by atoms with E-state index in [1.54, 1.807) is 6.92 Å². The third kappa shape index (κ3) is 5.20. The fourth-order valence-corrected chi connectivity index (χ4v) is 4.22. The lowest BCUT2D eigenvalue weighted by atomic mass is 9.78. The zero-order valence-corrected chi connectivity index (χ0v) is 20.3. The van der Waals surface area contributed by atoms with Gasteiger partial charge in [-0.05, 0) is 60.4 Å². The summed E-state index contributed by atoms with van der Waals surface area (Å²) in [6, 6.07) is 22.6. The van der Waals surface area contributed by atoms with Crippen molar-refractivity contribution in [3.63, 3.8) is 0 Å². The Morgan fingerprint density at radius 2 is 1.57 bits per heavy atom. The molecule has 2 N–H and O–H groups in total. The van der Waals surface area contributed by atoms with Gasteiger partial charge in [-0.3, -0.25) is 0 Å². The molecule has 1 fully saturated rings. The predicted molar refractivity (Wildman–Crippen MR) is 133 cm³/mol. The molecule has 0 radical (unpaired) electrons. The second kappa shape index (κ2) is 9.50. The van der Waals surface area contributed by atoms with E-state index < -0.39 is 0 Å². The molecule has 1 aliphatic carbocycles. The number of aromatic nitrogens is 3. The van der Waals surface area contributed by atoms with Gasteiger partial charge in [-0.25, -0.2) is 4.98 Å². The number of ether oxygens (including phenoxy) is 2. The quantitative estimate of drug-likeness (QED) is 0.377. The first-order valence-corrected chi connectivity index (χ1v) is 11.9. The van der Waals surface area contributed by atoms with Gasteiger partial charge in [0, 0.05) is 18.4 Å². The van der Waals surface area contributed by atoms with Crippen molar-refractivity contribution in [1.29, 1.82) is 0 Å². The minimum Gasteiger partial charge on any atom is -0.490 e. The lowest BCUT2D eigenvalue weighted by Gasteiger charge is -2.33. The molecule has 2 aromatic heterocycles. The fourth-order valence-electron chi connectivity index (χ4n) is 4.22. The minimum atomic E-state index is -0.159. The van der Waals surface area contributed by atoms with Gasteiger partial charge in [0.25, 0.3) is 5.89 Å². The molecule has 4 aromatic rings. The summed E-state index contributed by atoms with van der Waals surface area (Å²) in [5.41, 5.74) is 9.55. The maximum Gasteiger partial charge on any atom is 0.266 e. The molecule has 5 rings (SSSR count). The van der Waals surface area contributed by atoms with Crippen LogP contribution >= 0.6 is 0 Å². The van der Waals surface area contributed by atoms with E-state index in [2.05, 4.69) is 65.4 Å². The van der Waals surface area contributed by atoms with E-state index >= 15 is 0 Å². The Bertz CT molecular complexity index is 1280. The van der Waals surface area contributed by atoms with Crippen molar-refractivity contribution >= 4 is 0 Å². The number of pyridine rings is 1. The van der Waals surface area contributed by atoms with Crippen LogP contribution in [-0.2, 0) is 12.0 Å². The number of hydrogen-bond acceptors (Lipinski definition) is 7. The van der Waals surface area contributed by atoms with Crippen LogP contribution in [0, 0.1) is 6.92 Å². The zero-order valence-electron chi connectivity index (χ0n) is 20.3. The van der Waals surface area contributed by atoms with Gasteiger partial charge in [0.2, 0.25) is 5.89 Å². The molecule has 0 atom stereocenters. The van der Waals surface area contributed by atoms with Crippen molar-refractivity contribution in [3.8, 4) is 23.1 Å². The van der Waals surface area contributed by atoms with Gasteiger partial charge < -0.3 is 19.6 Å². The number of rotatable bonds is 8. The average Bonchev–Trinajstić information content (AvgIpc) is 3.29.